The quantitative estimate of drug-likeness (QED) is 0.0948. The largest absolute Gasteiger partial charge is 0.344 e. The number of aromatic nitrogens is 4. The van der Waals surface area contributed by atoms with Crippen molar-refractivity contribution >= 4 is 100 Å². The van der Waals surface area contributed by atoms with Gasteiger partial charge in [0, 0.05) is 69.6 Å². The number of rotatable bonds is 16. The lowest BCUT2D eigenvalue weighted by molar-refractivity contribution is -0.661. The van der Waals surface area contributed by atoms with Crippen molar-refractivity contribution in [3.05, 3.63) is 276 Å². The number of anilines is 2. The molecule has 10 aromatic carbocycles. The van der Waals surface area contributed by atoms with E-state index in [1.54, 1.807) is 0 Å². The van der Waals surface area contributed by atoms with Gasteiger partial charge in [-0.2, -0.15) is 0 Å². The molecule has 7 heteroatoms. The molecule has 14 rings (SSSR count). The molecular weight excluding hydrogens is 1030 g/mol. The predicted octanol–water partition coefficient (Wildman–Crippen LogP) is 17.8. The fraction of sp³-hybridized carbons (Fsp3) is 0.184. The summed E-state index contributed by atoms with van der Waals surface area (Å²) in [5, 5.41) is 10.2. The van der Waals surface area contributed by atoms with Crippen LogP contribution in [0.3, 0.4) is 0 Å². The number of allylic oxidation sites excluding steroid dienone is 6. The summed E-state index contributed by atoms with van der Waals surface area (Å²) >= 11 is 1.93. The van der Waals surface area contributed by atoms with Gasteiger partial charge in [-0.05, 0) is 155 Å². The highest BCUT2D eigenvalue weighted by Crippen LogP contribution is 2.56. The Balaban J connectivity index is 0.848. The second-order valence-corrected chi connectivity index (χ2v) is 23.5. The second kappa shape index (κ2) is 21.8. The zero-order valence-electron chi connectivity index (χ0n) is 47.9. The van der Waals surface area contributed by atoms with Crippen molar-refractivity contribution in [2.45, 2.75) is 76.0 Å². The van der Waals surface area contributed by atoms with Crippen molar-refractivity contribution in [1.29, 1.82) is 0 Å². The van der Waals surface area contributed by atoms with Gasteiger partial charge in [-0.1, -0.05) is 195 Å². The summed E-state index contributed by atoms with van der Waals surface area (Å²) in [5.74, 6) is 3.60. The molecule has 12 aromatic rings. The monoisotopic (exact) mass is 1100 g/mol. The predicted molar refractivity (Wildman–Crippen MR) is 352 cm³/mol. The van der Waals surface area contributed by atoms with E-state index in [1.165, 1.54) is 99.1 Å². The third kappa shape index (κ3) is 8.78. The van der Waals surface area contributed by atoms with Crippen LogP contribution in [-0.2, 0) is 35.4 Å². The number of nitrogens with one attached hydrogen (secondary N) is 2. The molecule has 0 saturated heterocycles. The molecular formula is C76H70N6S+2. The van der Waals surface area contributed by atoms with Crippen LogP contribution in [0.1, 0.15) is 74.4 Å². The number of hydrogen-bond donors (Lipinski definition) is 2. The van der Waals surface area contributed by atoms with Gasteiger partial charge in [-0.15, -0.1) is 0 Å². The Labute approximate surface area is 491 Å². The molecule has 2 unspecified atom stereocenters. The maximum atomic E-state index is 3.97. The number of aromatic amines is 2. The van der Waals surface area contributed by atoms with Crippen LogP contribution < -0.4 is 18.9 Å². The highest BCUT2D eigenvalue weighted by molar-refractivity contribution is 7.97. The Morgan fingerprint density at radius 3 is 1.17 bits per heavy atom. The van der Waals surface area contributed by atoms with E-state index in [-0.39, 0.29) is 10.8 Å². The summed E-state index contributed by atoms with van der Waals surface area (Å²) in [6.07, 6.45) is 17.9. The summed E-state index contributed by atoms with van der Waals surface area (Å²) in [4.78, 5) is 13.1. The van der Waals surface area contributed by atoms with E-state index in [0.29, 0.717) is 0 Å². The highest BCUT2D eigenvalue weighted by atomic mass is 32.2. The molecule has 2 aliphatic heterocycles. The molecule has 0 spiro atoms. The van der Waals surface area contributed by atoms with Crippen molar-refractivity contribution in [2.75, 3.05) is 22.9 Å². The smallest absolute Gasteiger partial charge is 0.280 e. The van der Waals surface area contributed by atoms with Gasteiger partial charge in [0.2, 0.25) is 0 Å². The first-order valence-corrected chi connectivity index (χ1v) is 31.0. The molecule has 0 aliphatic carbocycles. The van der Waals surface area contributed by atoms with Crippen LogP contribution in [0.4, 0.5) is 11.4 Å². The summed E-state index contributed by atoms with van der Waals surface area (Å²) in [6, 6.07) is 76.1. The lowest BCUT2D eigenvalue weighted by Gasteiger charge is -2.33. The van der Waals surface area contributed by atoms with Crippen molar-refractivity contribution in [3.8, 4) is 0 Å². The normalized spacial score (nSPS) is 18.1. The molecule has 83 heavy (non-hydrogen) atoms. The lowest BCUT2D eigenvalue weighted by atomic mass is 9.71. The molecule has 2 atom stereocenters. The second-order valence-electron chi connectivity index (χ2n) is 22.6. The van der Waals surface area contributed by atoms with E-state index in [9.17, 15) is 0 Å². The van der Waals surface area contributed by atoms with E-state index >= 15 is 0 Å². The molecule has 2 aromatic heterocycles. The minimum absolute atomic E-state index is 0.224. The SMILES string of the molecule is CCN1C(=CC=Cc2[nH]c3c4ccccc4ccc3[n+]2CSC[n+]2c(C=CC=C3N(CC)c4ccc5ccccc5c4C3(CC)Cc3ccccc3)[nH]c3c4ccccc4ccc32)C(CC)(Cc2ccccc2)c2c1ccc1ccccc21. The minimum atomic E-state index is -0.224. The molecule has 2 N–H and O–H groups in total. The standard InChI is InChI=1S/C76H68N6S/c1-5-75(49-53-25-11-9-12-26-53)67(79(7-3)63-45-41-55-29-15-19-33-59(55)71(63)75)37-23-39-69-77-73-61-35-21-17-31-57(61)43-47-65(73)81(69)51-83-52-82-66-48-44-58-32-18-22-36-62(58)74(66)78-70(82)40-24-38-68-76(6-2,50-54-27-13-10-14-28-54)72-60-34-20-16-30-56(60)42-46-64(72)80(68)8-4/h9-48H,5-8,49-52H2,1-4H3/p+2. The molecule has 0 saturated carbocycles. The van der Waals surface area contributed by atoms with Crippen LogP contribution in [0.2, 0.25) is 0 Å². The third-order valence-electron chi connectivity index (χ3n) is 18.4. The Morgan fingerprint density at radius 2 is 0.771 bits per heavy atom. The highest BCUT2D eigenvalue weighted by Gasteiger charge is 2.48. The Morgan fingerprint density at radius 1 is 0.410 bits per heavy atom. The van der Waals surface area contributed by atoms with Crippen LogP contribution in [0, 0.1) is 0 Å². The Bertz CT molecular complexity index is 4270. The fourth-order valence-electron chi connectivity index (χ4n) is 14.5. The van der Waals surface area contributed by atoms with Crippen LogP contribution in [0.15, 0.2) is 242 Å². The van der Waals surface area contributed by atoms with Crippen molar-refractivity contribution in [3.63, 3.8) is 0 Å². The van der Waals surface area contributed by atoms with Crippen LogP contribution in [0.5, 0.6) is 0 Å². The zero-order chi connectivity index (χ0) is 56.1. The van der Waals surface area contributed by atoms with Gasteiger partial charge in [-0.25, -0.2) is 19.1 Å². The van der Waals surface area contributed by atoms with Crippen LogP contribution in [-0.4, -0.2) is 23.1 Å². The first-order valence-electron chi connectivity index (χ1n) is 29.8. The average molecular weight is 1100 g/mol. The number of imidazole rings is 2. The number of thioether (sulfide) groups is 1. The van der Waals surface area contributed by atoms with Crippen molar-refractivity contribution < 1.29 is 9.13 Å². The minimum Gasteiger partial charge on any atom is -0.344 e. The van der Waals surface area contributed by atoms with Gasteiger partial charge in [0.25, 0.3) is 11.6 Å². The number of benzene rings is 10. The number of H-pyrrole nitrogens is 2. The van der Waals surface area contributed by atoms with E-state index in [0.717, 1.165) is 73.2 Å². The first-order chi connectivity index (χ1) is 40.9. The Kier molecular flexibility index (Phi) is 13.7. The summed E-state index contributed by atoms with van der Waals surface area (Å²) < 4.78 is 4.96. The van der Waals surface area contributed by atoms with Crippen LogP contribution >= 0.6 is 11.8 Å². The van der Waals surface area contributed by atoms with Gasteiger partial charge in [0.05, 0.1) is 0 Å². The molecule has 0 fully saturated rings. The van der Waals surface area contributed by atoms with Gasteiger partial charge in [0.15, 0.2) is 22.1 Å². The zero-order valence-corrected chi connectivity index (χ0v) is 48.8. The third-order valence-corrected chi connectivity index (χ3v) is 19.3. The summed E-state index contributed by atoms with van der Waals surface area (Å²) in [6.45, 7) is 11.1. The number of fused-ring (bicyclic) bond motifs is 12. The van der Waals surface area contributed by atoms with Gasteiger partial charge >= 0.3 is 0 Å². The van der Waals surface area contributed by atoms with Crippen LogP contribution in [0.25, 0.3) is 77.3 Å². The van der Waals surface area contributed by atoms with Gasteiger partial charge < -0.3 is 9.80 Å². The fourth-order valence-corrected chi connectivity index (χ4v) is 15.5. The van der Waals surface area contributed by atoms with E-state index in [1.807, 2.05) is 11.8 Å². The van der Waals surface area contributed by atoms with E-state index in [2.05, 4.69) is 299 Å². The topological polar surface area (TPSA) is 45.8 Å². The van der Waals surface area contributed by atoms with E-state index in [4.69, 9.17) is 0 Å². The first kappa shape index (κ1) is 52.2. The average Bonchev–Trinajstić information content (AvgIpc) is 4.45. The molecule has 0 radical (unpaired) electrons. The van der Waals surface area contributed by atoms with E-state index < -0.39 is 0 Å². The van der Waals surface area contributed by atoms with Crippen molar-refractivity contribution in [2.24, 2.45) is 0 Å². The number of likely N-dealkylation sites (N-methyl/N-ethyl adjacent to an activating group) is 2. The summed E-state index contributed by atoms with van der Waals surface area (Å²) in [7, 11) is 0. The maximum absolute atomic E-state index is 3.97. The van der Waals surface area contributed by atoms with Gasteiger partial charge in [0.1, 0.15) is 11.8 Å². The molecule has 408 valence electrons. The lowest BCUT2D eigenvalue weighted by Crippen LogP contribution is -2.38. The number of hydrogen-bond acceptors (Lipinski definition) is 3. The molecule has 2 aliphatic rings. The van der Waals surface area contributed by atoms with Gasteiger partial charge in [-0.3, -0.25) is 0 Å². The Hall–Kier alpha value is -8.91. The number of nitrogens with zero attached hydrogens (tertiary/aromatic N) is 4. The van der Waals surface area contributed by atoms with Crippen molar-refractivity contribution in [1.82, 2.24) is 9.97 Å². The maximum Gasteiger partial charge on any atom is 0.280 e. The molecule has 0 bridgehead atoms. The molecule has 6 nitrogen and oxygen atoms in total. The molecule has 0 amide bonds. The molecule has 4 heterocycles. The summed E-state index contributed by atoms with van der Waals surface area (Å²) in [5.41, 5.74) is 15.2.